The molecule has 0 radical (unpaired) electrons. The zero-order valence-corrected chi connectivity index (χ0v) is 11.0. The Morgan fingerprint density at radius 1 is 1.37 bits per heavy atom. The molecule has 1 aromatic heterocycles. The topological polar surface area (TPSA) is 75.3 Å². The van der Waals surface area contributed by atoms with Crippen molar-refractivity contribution in [1.29, 1.82) is 0 Å². The lowest BCUT2D eigenvalue weighted by Crippen LogP contribution is -2.25. The number of anilines is 2. The number of nitrogens with zero attached hydrogens (tertiary/aromatic N) is 3. The molecule has 1 aliphatic heterocycles. The highest BCUT2D eigenvalue weighted by Crippen LogP contribution is 2.30. The van der Waals surface area contributed by atoms with Crippen LogP contribution in [-0.4, -0.2) is 34.3 Å². The van der Waals surface area contributed by atoms with Crippen LogP contribution in [0.3, 0.4) is 0 Å². The first-order valence-electron chi connectivity index (χ1n) is 6.60. The largest absolute Gasteiger partial charge is 0.393 e. The minimum atomic E-state index is -0.282. The van der Waals surface area contributed by atoms with Crippen LogP contribution >= 0.6 is 0 Å². The quantitative estimate of drug-likeness (QED) is 0.852. The maximum atomic E-state index is 9.70. The molecule has 19 heavy (non-hydrogen) atoms. The monoisotopic (exact) mass is 258 g/mol. The first-order chi connectivity index (χ1) is 9.15. The number of aliphatic hydroxyl groups excluding tert-OH is 1. The van der Waals surface area contributed by atoms with Gasteiger partial charge in [-0.3, -0.25) is 0 Å². The van der Waals surface area contributed by atoms with Gasteiger partial charge in [-0.15, -0.1) is 0 Å². The van der Waals surface area contributed by atoms with Crippen LogP contribution in [0.25, 0.3) is 10.9 Å². The molecule has 3 N–H and O–H groups in total. The van der Waals surface area contributed by atoms with E-state index in [-0.39, 0.29) is 6.10 Å². The van der Waals surface area contributed by atoms with Gasteiger partial charge in [0.05, 0.1) is 11.6 Å². The van der Waals surface area contributed by atoms with Crippen molar-refractivity contribution < 1.29 is 5.11 Å². The zero-order chi connectivity index (χ0) is 13.4. The van der Waals surface area contributed by atoms with E-state index in [9.17, 15) is 5.11 Å². The molecule has 1 fully saturated rings. The standard InChI is InChI=1S/C14H18N4O/c1-9(19)10-6-7-18(8-10)13-11-4-2-3-5-12(11)16-14(15)17-13/h2-5,9-10,19H,6-8H2,1H3,(H2,15,16,17). The Labute approximate surface area is 112 Å². The highest BCUT2D eigenvalue weighted by Gasteiger charge is 2.28. The van der Waals surface area contributed by atoms with Gasteiger partial charge in [-0.1, -0.05) is 12.1 Å². The van der Waals surface area contributed by atoms with E-state index in [1.54, 1.807) is 0 Å². The van der Waals surface area contributed by atoms with Crippen molar-refractivity contribution in [2.45, 2.75) is 19.4 Å². The van der Waals surface area contributed by atoms with E-state index in [0.29, 0.717) is 11.9 Å². The lowest BCUT2D eigenvalue weighted by Gasteiger charge is -2.20. The van der Waals surface area contributed by atoms with Crippen LogP contribution in [0.15, 0.2) is 24.3 Å². The maximum absolute atomic E-state index is 9.70. The van der Waals surface area contributed by atoms with Gasteiger partial charge in [-0.05, 0) is 25.5 Å². The Morgan fingerprint density at radius 3 is 2.89 bits per heavy atom. The van der Waals surface area contributed by atoms with Gasteiger partial charge in [0.15, 0.2) is 0 Å². The van der Waals surface area contributed by atoms with Crippen molar-refractivity contribution in [3.05, 3.63) is 24.3 Å². The second kappa shape index (κ2) is 4.66. The SMILES string of the molecule is CC(O)C1CCN(c2nc(N)nc3ccccc23)C1. The first-order valence-corrected chi connectivity index (χ1v) is 6.60. The summed E-state index contributed by atoms with van der Waals surface area (Å²) in [4.78, 5) is 10.8. The number of nitrogens with two attached hydrogens (primary N) is 1. The molecule has 5 heteroatoms. The number of benzene rings is 1. The zero-order valence-electron chi connectivity index (χ0n) is 11.0. The Balaban J connectivity index is 2.01. The van der Waals surface area contributed by atoms with Gasteiger partial charge >= 0.3 is 0 Å². The van der Waals surface area contributed by atoms with Crippen molar-refractivity contribution in [2.75, 3.05) is 23.7 Å². The molecule has 0 spiro atoms. The highest BCUT2D eigenvalue weighted by molar-refractivity contribution is 5.90. The number of nitrogen functional groups attached to an aromatic ring is 1. The van der Waals surface area contributed by atoms with E-state index in [1.165, 1.54) is 0 Å². The number of para-hydroxylation sites is 1. The molecule has 1 aliphatic rings. The average molecular weight is 258 g/mol. The molecule has 2 unspecified atom stereocenters. The molecule has 1 aromatic carbocycles. The van der Waals surface area contributed by atoms with Crippen LogP contribution in [0.1, 0.15) is 13.3 Å². The van der Waals surface area contributed by atoms with E-state index in [4.69, 9.17) is 5.73 Å². The maximum Gasteiger partial charge on any atom is 0.222 e. The minimum absolute atomic E-state index is 0.282. The van der Waals surface area contributed by atoms with Crippen molar-refractivity contribution in [2.24, 2.45) is 5.92 Å². The number of aliphatic hydroxyl groups is 1. The fourth-order valence-corrected chi connectivity index (χ4v) is 2.69. The van der Waals surface area contributed by atoms with Gasteiger partial charge in [0.1, 0.15) is 5.82 Å². The molecule has 0 amide bonds. The molecule has 2 heterocycles. The van der Waals surface area contributed by atoms with E-state index < -0.39 is 0 Å². The van der Waals surface area contributed by atoms with Gasteiger partial charge in [-0.25, -0.2) is 4.98 Å². The van der Waals surface area contributed by atoms with Crippen molar-refractivity contribution in [3.8, 4) is 0 Å². The summed E-state index contributed by atoms with van der Waals surface area (Å²) >= 11 is 0. The second-order valence-corrected chi connectivity index (χ2v) is 5.16. The van der Waals surface area contributed by atoms with Crippen LogP contribution in [0.4, 0.5) is 11.8 Å². The van der Waals surface area contributed by atoms with Crippen LogP contribution in [0.2, 0.25) is 0 Å². The summed E-state index contributed by atoms with van der Waals surface area (Å²) in [5, 5.41) is 10.7. The normalized spacial score (nSPS) is 20.9. The Morgan fingerprint density at radius 2 is 2.16 bits per heavy atom. The van der Waals surface area contributed by atoms with E-state index >= 15 is 0 Å². The average Bonchev–Trinajstić information content (AvgIpc) is 2.87. The number of fused-ring (bicyclic) bond motifs is 1. The summed E-state index contributed by atoms with van der Waals surface area (Å²) in [6.07, 6.45) is 0.700. The molecule has 0 aliphatic carbocycles. The third-order valence-corrected chi connectivity index (χ3v) is 3.81. The van der Waals surface area contributed by atoms with Crippen LogP contribution < -0.4 is 10.6 Å². The third-order valence-electron chi connectivity index (χ3n) is 3.81. The number of hydrogen-bond acceptors (Lipinski definition) is 5. The third kappa shape index (κ3) is 2.21. The highest BCUT2D eigenvalue weighted by atomic mass is 16.3. The fraction of sp³-hybridized carbons (Fsp3) is 0.429. The Kier molecular flexibility index (Phi) is 2.98. The van der Waals surface area contributed by atoms with E-state index in [2.05, 4.69) is 14.9 Å². The second-order valence-electron chi connectivity index (χ2n) is 5.16. The molecular weight excluding hydrogens is 240 g/mol. The lowest BCUT2D eigenvalue weighted by molar-refractivity contribution is 0.136. The summed E-state index contributed by atoms with van der Waals surface area (Å²) in [5.74, 6) is 1.48. The molecule has 5 nitrogen and oxygen atoms in total. The van der Waals surface area contributed by atoms with Gasteiger partial charge in [0.25, 0.3) is 0 Å². The summed E-state index contributed by atoms with van der Waals surface area (Å²) < 4.78 is 0. The summed E-state index contributed by atoms with van der Waals surface area (Å²) in [6, 6.07) is 7.88. The molecule has 0 saturated carbocycles. The van der Waals surface area contributed by atoms with Gasteiger partial charge in [0, 0.05) is 24.4 Å². The van der Waals surface area contributed by atoms with Crippen LogP contribution in [-0.2, 0) is 0 Å². The molecular formula is C14H18N4O. The van der Waals surface area contributed by atoms with Crippen LogP contribution in [0, 0.1) is 5.92 Å². The van der Waals surface area contributed by atoms with Crippen molar-refractivity contribution in [3.63, 3.8) is 0 Å². The molecule has 2 atom stereocenters. The number of hydrogen-bond donors (Lipinski definition) is 2. The fourth-order valence-electron chi connectivity index (χ4n) is 2.69. The van der Waals surface area contributed by atoms with Gasteiger partial charge < -0.3 is 15.7 Å². The molecule has 2 aromatic rings. The Bertz CT molecular complexity index is 599. The smallest absolute Gasteiger partial charge is 0.222 e. The predicted octanol–water partition coefficient (Wildman–Crippen LogP) is 1.42. The van der Waals surface area contributed by atoms with Crippen molar-refractivity contribution >= 4 is 22.7 Å². The summed E-state index contributed by atoms with van der Waals surface area (Å²) in [5.41, 5.74) is 6.65. The van der Waals surface area contributed by atoms with Crippen molar-refractivity contribution in [1.82, 2.24) is 9.97 Å². The first kappa shape index (κ1) is 12.2. The van der Waals surface area contributed by atoms with Gasteiger partial charge in [0.2, 0.25) is 5.95 Å². The number of aromatic nitrogens is 2. The minimum Gasteiger partial charge on any atom is -0.393 e. The summed E-state index contributed by atoms with van der Waals surface area (Å²) in [6.45, 7) is 3.56. The number of rotatable bonds is 2. The molecule has 3 rings (SSSR count). The molecule has 1 saturated heterocycles. The summed E-state index contributed by atoms with van der Waals surface area (Å²) in [7, 11) is 0. The van der Waals surface area contributed by atoms with E-state index in [1.807, 2.05) is 31.2 Å². The lowest BCUT2D eigenvalue weighted by atomic mass is 10.0. The Hall–Kier alpha value is -1.88. The van der Waals surface area contributed by atoms with Gasteiger partial charge in [-0.2, -0.15) is 4.98 Å². The van der Waals surface area contributed by atoms with Crippen LogP contribution in [0.5, 0.6) is 0 Å². The predicted molar refractivity (Wildman–Crippen MR) is 76.0 cm³/mol. The molecule has 100 valence electrons. The molecule has 0 bridgehead atoms. The van der Waals surface area contributed by atoms with E-state index in [0.717, 1.165) is 36.2 Å².